The first-order chi connectivity index (χ1) is 8.54. The second kappa shape index (κ2) is 34.7. The average molecular weight is 627 g/mol. The molecule has 0 fully saturated rings. The van der Waals surface area contributed by atoms with Crippen molar-refractivity contribution < 1.29 is 32.7 Å². The van der Waals surface area contributed by atoms with Gasteiger partial charge in [0.05, 0.1) is 0 Å². The Kier molecular flexibility index (Phi) is 65.3. The maximum atomic E-state index is 4.66. The minimum Gasteiger partial charge on any atom is -0.433 e. The van der Waals surface area contributed by atoms with Gasteiger partial charge < -0.3 is 24.8 Å². The van der Waals surface area contributed by atoms with Crippen LogP contribution in [0.2, 0.25) is 0 Å². The van der Waals surface area contributed by atoms with Crippen molar-refractivity contribution in [2.45, 2.75) is 27.7 Å². The fraction of sp³-hybridized carbons (Fsp3) is 0.636. The van der Waals surface area contributed by atoms with E-state index in [0.717, 1.165) is 12.6 Å². The quantitative estimate of drug-likeness (QED) is 0.166. The molecule has 0 aromatic heterocycles. The summed E-state index contributed by atoms with van der Waals surface area (Å²) in [5.41, 5.74) is 0. The molecule has 0 N–H and O–H groups in total. The predicted molar refractivity (Wildman–Crippen MR) is 136 cm³/mol. The summed E-state index contributed by atoms with van der Waals surface area (Å²) < 4.78 is 3.60. The molecule has 0 aromatic carbocycles. The Bertz CT molecular complexity index is 234. The summed E-state index contributed by atoms with van der Waals surface area (Å²) in [5, 5.41) is 0. The third-order valence-electron chi connectivity index (χ3n) is 0.862. The van der Waals surface area contributed by atoms with Gasteiger partial charge in [-0.25, -0.2) is 0 Å². The van der Waals surface area contributed by atoms with E-state index in [1.54, 1.807) is 42.2 Å². The molecule has 0 nitrogen and oxygen atoms in total. The Labute approximate surface area is 213 Å². The van der Waals surface area contributed by atoms with Crippen molar-refractivity contribution >= 4 is 138 Å². The Morgan fingerprint density at radius 2 is 0.714 bits per heavy atom. The molecule has 0 aliphatic heterocycles. The zero-order chi connectivity index (χ0) is 16.4. The van der Waals surface area contributed by atoms with E-state index in [4.69, 9.17) is 0 Å². The molecule has 21 heavy (non-hydrogen) atoms. The molecule has 0 spiro atoms. The van der Waals surface area contributed by atoms with E-state index in [0.29, 0.717) is 4.20 Å². The number of halogens is 1. The third-order valence-corrected chi connectivity index (χ3v) is 4.09. The second-order valence-electron chi connectivity index (χ2n) is 2.58. The van der Waals surface area contributed by atoms with E-state index in [1.807, 2.05) is 39.5 Å². The summed E-state index contributed by atoms with van der Waals surface area (Å²) in [6.07, 6.45) is 5.92. The van der Waals surface area contributed by atoms with Crippen LogP contribution in [0.5, 0.6) is 0 Å². The SMILES string of the molecule is CC(=S)[S-].CSC(C)=S.CSC(C)=S.CSC(C)=S.I.[Y]. The first kappa shape index (κ1) is 39.5. The molecule has 0 bridgehead atoms. The standard InChI is InChI=1S/3C3H6S2.C2H4S2.HI.Y/c3*1-3(4)5-2;1-2(3)4;;/h3*1-2H3;1H3,(H,3,4);1H;/p-1. The van der Waals surface area contributed by atoms with E-state index in [1.165, 1.54) is 0 Å². The minimum atomic E-state index is 0. The van der Waals surface area contributed by atoms with Crippen LogP contribution < -0.4 is 0 Å². The van der Waals surface area contributed by atoms with Crippen LogP contribution >= 0.6 is 108 Å². The Hall–Kier alpha value is 3.46. The van der Waals surface area contributed by atoms with Gasteiger partial charge in [0.25, 0.3) is 0 Å². The minimum absolute atomic E-state index is 0. The Morgan fingerprint density at radius 3 is 0.714 bits per heavy atom. The molecule has 0 rings (SSSR count). The van der Waals surface area contributed by atoms with Crippen LogP contribution in [-0.2, 0) is 45.3 Å². The van der Waals surface area contributed by atoms with E-state index in [2.05, 4.69) is 61.5 Å². The summed E-state index contributed by atoms with van der Waals surface area (Å²) in [4.78, 5) is 0. The van der Waals surface area contributed by atoms with Crippen LogP contribution in [0, 0.1) is 0 Å². The van der Waals surface area contributed by atoms with Crippen molar-refractivity contribution in [1.29, 1.82) is 0 Å². The third kappa shape index (κ3) is 121. The van der Waals surface area contributed by atoms with Crippen LogP contribution in [0.1, 0.15) is 27.7 Å². The summed E-state index contributed by atoms with van der Waals surface area (Å²) in [6, 6.07) is 0. The van der Waals surface area contributed by atoms with Crippen molar-refractivity contribution in [3.05, 3.63) is 0 Å². The maximum Gasteiger partial charge on any atom is 0.0444 e. The van der Waals surface area contributed by atoms with Gasteiger partial charge in [-0.1, -0.05) is 43.6 Å². The molecule has 0 heterocycles. The summed E-state index contributed by atoms with van der Waals surface area (Å²) in [7, 11) is 0. The van der Waals surface area contributed by atoms with Gasteiger partial charge in [0.2, 0.25) is 0 Å². The van der Waals surface area contributed by atoms with E-state index in [-0.39, 0.29) is 56.7 Å². The van der Waals surface area contributed by atoms with Crippen molar-refractivity contribution in [3.8, 4) is 0 Å². The summed E-state index contributed by atoms with van der Waals surface area (Å²) >= 11 is 27.5. The molecule has 10 heteroatoms. The molecule has 0 amide bonds. The molecular formula is C11H22IS8Y-. The van der Waals surface area contributed by atoms with Crippen LogP contribution in [-0.4, -0.2) is 35.6 Å². The molecule has 125 valence electrons. The molecule has 0 saturated carbocycles. The van der Waals surface area contributed by atoms with Gasteiger partial charge in [0, 0.05) is 45.3 Å². The monoisotopic (exact) mass is 626 g/mol. The van der Waals surface area contributed by atoms with Gasteiger partial charge >= 0.3 is 0 Å². The Morgan fingerprint density at radius 1 is 0.667 bits per heavy atom. The van der Waals surface area contributed by atoms with E-state index < -0.39 is 0 Å². The number of hydrogen-bond acceptors (Lipinski definition) is 8. The fourth-order valence-corrected chi connectivity index (χ4v) is 0. The molecule has 0 unspecified atom stereocenters. The molecule has 0 saturated heterocycles. The van der Waals surface area contributed by atoms with Crippen LogP contribution in [0.4, 0.5) is 0 Å². The predicted octanol–water partition coefficient (Wildman–Crippen LogP) is 6.59. The van der Waals surface area contributed by atoms with Gasteiger partial charge in [-0.15, -0.1) is 59.3 Å². The van der Waals surface area contributed by atoms with Gasteiger partial charge in [-0.3, -0.25) is 0 Å². The van der Waals surface area contributed by atoms with Gasteiger partial charge in [0.1, 0.15) is 0 Å². The van der Waals surface area contributed by atoms with Crippen molar-refractivity contribution in [3.63, 3.8) is 0 Å². The van der Waals surface area contributed by atoms with E-state index in [9.17, 15) is 0 Å². The molecule has 1 radical (unpaired) electrons. The average Bonchev–Trinajstić information content (AvgIpc) is 2.29. The van der Waals surface area contributed by atoms with Crippen molar-refractivity contribution in [2.24, 2.45) is 0 Å². The van der Waals surface area contributed by atoms with Crippen molar-refractivity contribution in [2.75, 3.05) is 18.8 Å². The number of thioether (sulfide) groups is 3. The molecule has 0 aliphatic carbocycles. The second-order valence-corrected chi connectivity index (χ2v) is 9.74. The van der Waals surface area contributed by atoms with Crippen LogP contribution in [0.25, 0.3) is 0 Å². The molecule has 0 aromatic rings. The zero-order valence-corrected chi connectivity index (χ0v) is 25.0. The van der Waals surface area contributed by atoms with Crippen molar-refractivity contribution in [1.82, 2.24) is 0 Å². The summed E-state index contributed by atoms with van der Waals surface area (Å²) in [5.74, 6) is 0. The Balaban J connectivity index is -0.0000000347. The smallest absolute Gasteiger partial charge is 0.0444 e. The number of thiocarbonyl (C=S) groups is 4. The molecule has 0 aliphatic rings. The number of hydrogen-bond donors (Lipinski definition) is 0. The van der Waals surface area contributed by atoms with Crippen LogP contribution in [0.3, 0.4) is 0 Å². The maximum absolute atomic E-state index is 4.66. The normalized spacial score (nSPS) is 6.62. The van der Waals surface area contributed by atoms with Gasteiger partial charge in [-0.2, -0.15) is 4.20 Å². The zero-order valence-electron chi connectivity index (χ0n) is 13.3. The largest absolute Gasteiger partial charge is 0.433 e. The first-order valence-electron chi connectivity index (χ1n) is 4.86. The fourth-order valence-electron chi connectivity index (χ4n) is 0. The van der Waals surface area contributed by atoms with Crippen LogP contribution in [0.15, 0.2) is 0 Å². The van der Waals surface area contributed by atoms with E-state index >= 15 is 0 Å². The summed E-state index contributed by atoms with van der Waals surface area (Å²) in [6.45, 7) is 7.46. The topological polar surface area (TPSA) is 0 Å². The van der Waals surface area contributed by atoms with Gasteiger partial charge in [-0.05, 0) is 39.5 Å². The molecule has 0 atom stereocenters. The molecular weight excluding hydrogens is 604 g/mol. The number of rotatable bonds is 0. The first-order valence-corrected chi connectivity index (χ1v) is 10.6. The van der Waals surface area contributed by atoms with Gasteiger partial charge in [0.15, 0.2) is 0 Å².